The maximum Gasteiger partial charge on any atom is 0.416 e. The van der Waals surface area contributed by atoms with E-state index in [0.29, 0.717) is 53.9 Å². The Morgan fingerprint density at radius 2 is 2.04 bits per heavy atom. The molecule has 1 saturated heterocycles. The number of aryl methyl sites for hydroxylation is 1. The summed E-state index contributed by atoms with van der Waals surface area (Å²) in [5, 5.41) is 15.1. The third-order valence-corrected chi connectivity index (χ3v) is 5.82. The van der Waals surface area contributed by atoms with Crippen LogP contribution < -0.4 is 0 Å². The Bertz CT molecular complexity index is 979. The number of rotatable bonds is 4. The van der Waals surface area contributed by atoms with Crippen molar-refractivity contribution in [1.82, 2.24) is 19.5 Å². The fourth-order valence-electron chi connectivity index (χ4n) is 3.37. The van der Waals surface area contributed by atoms with Gasteiger partial charge >= 0.3 is 6.18 Å². The monoisotopic (exact) mass is 412 g/mol. The van der Waals surface area contributed by atoms with Crippen molar-refractivity contribution in [2.24, 2.45) is 0 Å². The van der Waals surface area contributed by atoms with E-state index in [4.69, 9.17) is 4.74 Å². The second-order valence-corrected chi connectivity index (χ2v) is 7.55. The maximum atomic E-state index is 13.3. The van der Waals surface area contributed by atoms with Crippen LogP contribution in [0.1, 0.15) is 34.8 Å². The molecule has 6 nitrogen and oxygen atoms in total. The Morgan fingerprint density at radius 1 is 1.29 bits per heavy atom. The standard InChI is InChI=1S/C18H19F3N4O2S/c1-2-13-22-17-25(23-13)16(26)15(28-17)14(24-6-8-27-9-7-24)11-4-3-5-12(10-11)18(19,20)21/h3-5,10,14,26H,2,6-9H2,1H3/t14-/m1/s1. The molecule has 0 saturated carbocycles. The highest BCUT2D eigenvalue weighted by Crippen LogP contribution is 2.41. The molecule has 28 heavy (non-hydrogen) atoms. The molecule has 3 heterocycles. The number of fused-ring (bicyclic) bond motifs is 1. The summed E-state index contributed by atoms with van der Waals surface area (Å²) in [6, 6.07) is 4.71. The predicted molar refractivity (Wildman–Crippen MR) is 97.6 cm³/mol. The summed E-state index contributed by atoms with van der Waals surface area (Å²) in [6.45, 7) is 3.98. The van der Waals surface area contributed by atoms with Crippen molar-refractivity contribution >= 4 is 16.3 Å². The normalized spacial score (nSPS) is 17.3. The third kappa shape index (κ3) is 3.47. The van der Waals surface area contributed by atoms with Crippen LogP contribution in [0.25, 0.3) is 4.96 Å². The van der Waals surface area contributed by atoms with E-state index < -0.39 is 17.8 Å². The zero-order valence-electron chi connectivity index (χ0n) is 15.1. The van der Waals surface area contributed by atoms with Gasteiger partial charge < -0.3 is 9.84 Å². The number of aromatic nitrogens is 3. The molecule has 0 amide bonds. The number of halogens is 3. The fraction of sp³-hybridized carbons (Fsp3) is 0.444. The Balaban J connectivity index is 1.83. The van der Waals surface area contributed by atoms with Gasteiger partial charge in [0.15, 0.2) is 5.82 Å². The lowest BCUT2D eigenvalue weighted by molar-refractivity contribution is -0.137. The highest BCUT2D eigenvalue weighted by molar-refractivity contribution is 7.17. The van der Waals surface area contributed by atoms with E-state index in [-0.39, 0.29) is 5.88 Å². The molecule has 2 aromatic heterocycles. The quantitative estimate of drug-likeness (QED) is 0.711. The van der Waals surface area contributed by atoms with Gasteiger partial charge in [0.1, 0.15) is 0 Å². The molecular formula is C18H19F3N4O2S. The second-order valence-electron chi connectivity index (χ2n) is 6.54. The van der Waals surface area contributed by atoms with E-state index >= 15 is 0 Å². The second kappa shape index (κ2) is 7.34. The molecule has 1 aliphatic rings. The molecular weight excluding hydrogens is 393 g/mol. The summed E-state index contributed by atoms with van der Waals surface area (Å²) in [4.78, 5) is 7.45. The van der Waals surface area contributed by atoms with Crippen LogP contribution in [0.3, 0.4) is 0 Å². The van der Waals surface area contributed by atoms with Crippen molar-refractivity contribution < 1.29 is 23.0 Å². The molecule has 1 aliphatic heterocycles. The van der Waals surface area contributed by atoms with Crippen LogP contribution in [0.5, 0.6) is 5.88 Å². The zero-order valence-corrected chi connectivity index (χ0v) is 15.9. The van der Waals surface area contributed by atoms with E-state index in [1.54, 1.807) is 6.07 Å². The van der Waals surface area contributed by atoms with Crippen LogP contribution >= 0.6 is 11.3 Å². The van der Waals surface area contributed by atoms with Crippen LogP contribution in [0.15, 0.2) is 24.3 Å². The van der Waals surface area contributed by atoms with Gasteiger partial charge in [-0.15, -0.1) is 5.10 Å². The van der Waals surface area contributed by atoms with Gasteiger partial charge in [-0.2, -0.15) is 17.7 Å². The summed E-state index contributed by atoms with van der Waals surface area (Å²) in [5.74, 6) is 0.524. The largest absolute Gasteiger partial charge is 0.492 e. The van der Waals surface area contributed by atoms with Gasteiger partial charge in [0, 0.05) is 19.5 Å². The molecule has 0 aliphatic carbocycles. The Kier molecular flexibility index (Phi) is 5.02. The minimum absolute atomic E-state index is 0.0823. The molecule has 0 unspecified atom stereocenters. The molecule has 0 bridgehead atoms. The van der Waals surface area contributed by atoms with E-state index in [1.807, 2.05) is 11.8 Å². The molecule has 4 rings (SSSR count). The van der Waals surface area contributed by atoms with Gasteiger partial charge in [-0.3, -0.25) is 4.90 Å². The minimum Gasteiger partial charge on any atom is -0.492 e. The number of hydrogen-bond donors (Lipinski definition) is 1. The predicted octanol–water partition coefficient (Wildman–Crippen LogP) is 3.50. The number of benzene rings is 1. The number of morpholine rings is 1. The highest BCUT2D eigenvalue weighted by atomic mass is 32.1. The first-order valence-electron chi connectivity index (χ1n) is 8.94. The lowest BCUT2D eigenvalue weighted by atomic mass is 10.0. The average Bonchev–Trinajstić information content (AvgIpc) is 3.22. The molecule has 1 fully saturated rings. The van der Waals surface area contributed by atoms with Crippen molar-refractivity contribution in [3.05, 3.63) is 46.1 Å². The summed E-state index contributed by atoms with van der Waals surface area (Å²) in [6.07, 6.45) is -3.81. The number of alkyl halides is 3. The Labute approximate surface area is 163 Å². The van der Waals surface area contributed by atoms with Crippen molar-refractivity contribution in [1.29, 1.82) is 0 Å². The van der Waals surface area contributed by atoms with Gasteiger partial charge in [-0.25, -0.2) is 4.98 Å². The first-order valence-corrected chi connectivity index (χ1v) is 9.76. The molecule has 0 radical (unpaired) electrons. The molecule has 1 aromatic carbocycles. The van der Waals surface area contributed by atoms with E-state index in [1.165, 1.54) is 21.9 Å². The molecule has 150 valence electrons. The number of ether oxygens (including phenoxy) is 1. The zero-order chi connectivity index (χ0) is 19.9. The van der Waals surface area contributed by atoms with Crippen LogP contribution in [0, 0.1) is 0 Å². The number of nitrogens with zero attached hydrogens (tertiary/aromatic N) is 4. The first kappa shape index (κ1) is 19.2. The summed E-state index contributed by atoms with van der Waals surface area (Å²) >= 11 is 1.25. The molecule has 0 spiro atoms. The van der Waals surface area contributed by atoms with Crippen LogP contribution in [0.2, 0.25) is 0 Å². The van der Waals surface area contributed by atoms with Crippen LogP contribution in [-0.2, 0) is 17.3 Å². The first-order chi connectivity index (χ1) is 13.4. The maximum absolute atomic E-state index is 13.3. The van der Waals surface area contributed by atoms with Crippen molar-refractivity contribution in [2.75, 3.05) is 26.3 Å². The summed E-state index contributed by atoms with van der Waals surface area (Å²) in [5.41, 5.74) is -0.247. The number of aromatic hydroxyl groups is 1. The van der Waals surface area contributed by atoms with Crippen molar-refractivity contribution in [3.63, 3.8) is 0 Å². The van der Waals surface area contributed by atoms with Gasteiger partial charge in [0.25, 0.3) is 0 Å². The van der Waals surface area contributed by atoms with E-state index in [2.05, 4.69) is 10.1 Å². The molecule has 1 N–H and O–H groups in total. The highest BCUT2D eigenvalue weighted by Gasteiger charge is 2.34. The van der Waals surface area contributed by atoms with Gasteiger partial charge in [-0.05, 0) is 17.7 Å². The smallest absolute Gasteiger partial charge is 0.416 e. The van der Waals surface area contributed by atoms with E-state index in [9.17, 15) is 18.3 Å². The van der Waals surface area contributed by atoms with Crippen LogP contribution in [-0.4, -0.2) is 50.9 Å². The molecule has 1 atom stereocenters. The molecule has 10 heteroatoms. The molecule has 3 aromatic rings. The number of hydrogen-bond acceptors (Lipinski definition) is 6. The average molecular weight is 412 g/mol. The topological polar surface area (TPSA) is 62.9 Å². The third-order valence-electron chi connectivity index (χ3n) is 4.75. The van der Waals surface area contributed by atoms with Gasteiger partial charge in [-0.1, -0.05) is 30.4 Å². The SMILES string of the molecule is CCc1nc2sc([C@@H](c3cccc(C(F)(F)F)c3)N3CCOCC3)c(O)n2n1. The lowest BCUT2D eigenvalue weighted by Gasteiger charge is -2.34. The van der Waals surface area contributed by atoms with E-state index in [0.717, 1.165) is 12.1 Å². The van der Waals surface area contributed by atoms with Crippen molar-refractivity contribution in [2.45, 2.75) is 25.6 Å². The Morgan fingerprint density at radius 3 is 2.68 bits per heavy atom. The minimum atomic E-state index is -4.44. The summed E-state index contributed by atoms with van der Waals surface area (Å²) in [7, 11) is 0. The number of thiazole rings is 1. The summed E-state index contributed by atoms with van der Waals surface area (Å²) < 4.78 is 46.5. The van der Waals surface area contributed by atoms with Gasteiger partial charge in [0.05, 0.1) is 29.7 Å². The van der Waals surface area contributed by atoms with Gasteiger partial charge in [0.2, 0.25) is 10.8 Å². The van der Waals surface area contributed by atoms with Crippen LogP contribution in [0.4, 0.5) is 13.2 Å². The lowest BCUT2D eigenvalue weighted by Crippen LogP contribution is -2.39. The van der Waals surface area contributed by atoms with Crippen molar-refractivity contribution in [3.8, 4) is 5.88 Å². The fourth-order valence-corrected chi connectivity index (χ4v) is 4.50. The Hall–Kier alpha value is -2.17.